The maximum absolute atomic E-state index is 14.6. The molecule has 0 saturated heterocycles. The molecule has 1 aromatic heterocycles. The molecule has 3 aromatic rings. The Balaban J connectivity index is 1.52. The minimum Gasteiger partial charge on any atom is -0.378 e. The SMILES string of the molecule is COCc1cc2cc(NCC(=O)N3CCc4cc(Cl)ccc4[C@@H]3C)c(F)cc2c(=O)[nH]1. The Hall–Kier alpha value is -2.90. The number of H-pyrrole nitrogens is 1. The molecule has 0 saturated carbocycles. The van der Waals surface area contributed by atoms with Gasteiger partial charge in [0.1, 0.15) is 5.82 Å². The third-order valence-corrected chi connectivity index (χ3v) is 5.92. The van der Waals surface area contributed by atoms with Gasteiger partial charge < -0.3 is 19.9 Å². The highest BCUT2D eigenvalue weighted by atomic mass is 35.5. The molecule has 1 aliphatic heterocycles. The summed E-state index contributed by atoms with van der Waals surface area (Å²) in [6, 6.07) is 10.1. The summed E-state index contributed by atoms with van der Waals surface area (Å²) in [5.74, 6) is -0.712. The van der Waals surface area contributed by atoms with Crippen LogP contribution in [0.2, 0.25) is 5.02 Å². The van der Waals surface area contributed by atoms with Crippen molar-refractivity contribution in [2.24, 2.45) is 0 Å². The highest BCUT2D eigenvalue weighted by molar-refractivity contribution is 6.30. The van der Waals surface area contributed by atoms with Crippen molar-refractivity contribution in [1.29, 1.82) is 0 Å². The van der Waals surface area contributed by atoms with Crippen LogP contribution in [-0.2, 0) is 22.6 Å². The van der Waals surface area contributed by atoms with Crippen molar-refractivity contribution in [3.63, 3.8) is 0 Å². The van der Waals surface area contributed by atoms with Crippen LogP contribution < -0.4 is 10.9 Å². The molecule has 0 unspecified atom stereocenters. The number of anilines is 1. The molecule has 4 rings (SSSR count). The van der Waals surface area contributed by atoms with Gasteiger partial charge in [-0.15, -0.1) is 0 Å². The lowest BCUT2D eigenvalue weighted by molar-refractivity contribution is -0.131. The summed E-state index contributed by atoms with van der Waals surface area (Å²) in [7, 11) is 1.53. The third kappa shape index (κ3) is 4.29. The predicted molar refractivity (Wildman–Crippen MR) is 119 cm³/mol. The van der Waals surface area contributed by atoms with Crippen LogP contribution in [0.5, 0.6) is 0 Å². The first-order chi connectivity index (χ1) is 14.9. The van der Waals surface area contributed by atoms with Gasteiger partial charge in [-0.1, -0.05) is 17.7 Å². The summed E-state index contributed by atoms with van der Waals surface area (Å²) in [5, 5.41) is 4.40. The van der Waals surface area contributed by atoms with Gasteiger partial charge in [-0.2, -0.15) is 0 Å². The monoisotopic (exact) mass is 443 g/mol. The van der Waals surface area contributed by atoms with E-state index in [9.17, 15) is 14.0 Å². The number of halogens is 2. The number of fused-ring (bicyclic) bond motifs is 2. The molecule has 2 N–H and O–H groups in total. The lowest BCUT2D eigenvalue weighted by Gasteiger charge is -2.35. The van der Waals surface area contributed by atoms with E-state index in [-0.39, 0.29) is 41.7 Å². The predicted octanol–water partition coefficient (Wildman–Crippen LogP) is 4.02. The molecule has 0 radical (unpaired) electrons. The molecule has 2 heterocycles. The summed E-state index contributed by atoms with van der Waals surface area (Å²) >= 11 is 6.08. The first kappa shape index (κ1) is 21.3. The third-order valence-electron chi connectivity index (χ3n) is 5.68. The molecule has 2 aromatic carbocycles. The first-order valence-electron chi connectivity index (χ1n) is 10.0. The van der Waals surface area contributed by atoms with E-state index in [4.69, 9.17) is 16.3 Å². The first-order valence-corrected chi connectivity index (χ1v) is 10.4. The zero-order valence-electron chi connectivity index (χ0n) is 17.3. The lowest BCUT2D eigenvalue weighted by atomic mass is 9.93. The fourth-order valence-electron chi connectivity index (χ4n) is 4.13. The summed E-state index contributed by atoms with van der Waals surface area (Å²) in [6.45, 7) is 2.74. The molecular formula is C23H23ClFN3O3. The molecule has 31 heavy (non-hydrogen) atoms. The van der Waals surface area contributed by atoms with Crippen LogP contribution in [0.25, 0.3) is 10.8 Å². The molecule has 162 valence electrons. The van der Waals surface area contributed by atoms with E-state index >= 15 is 0 Å². The van der Waals surface area contributed by atoms with Crippen LogP contribution in [-0.4, -0.2) is 36.0 Å². The number of methoxy groups -OCH3 is 1. The molecule has 0 spiro atoms. The van der Waals surface area contributed by atoms with Crippen molar-refractivity contribution in [2.75, 3.05) is 25.5 Å². The van der Waals surface area contributed by atoms with Crippen LogP contribution >= 0.6 is 11.6 Å². The van der Waals surface area contributed by atoms with Crippen LogP contribution in [0.3, 0.4) is 0 Å². The Kier molecular flexibility index (Phi) is 5.98. The van der Waals surface area contributed by atoms with Crippen LogP contribution in [0.15, 0.2) is 41.2 Å². The van der Waals surface area contributed by atoms with Gasteiger partial charge in [-0.05, 0) is 60.2 Å². The highest BCUT2D eigenvalue weighted by Gasteiger charge is 2.27. The largest absolute Gasteiger partial charge is 0.378 e. The molecule has 1 amide bonds. The number of nitrogens with zero attached hydrogens (tertiary/aromatic N) is 1. The van der Waals surface area contributed by atoms with Gasteiger partial charge >= 0.3 is 0 Å². The molecule has 0 fully saturated rings. The number of nitrogens with one attached hydrogen (secondary N) is 2. The summed E-state index contributed by atoms with van der Waals surface area (Å²) in [6.07, 6.45) is 0.724. The van der Waals surface area contributed by atoms with E-state index in [2.05, 4.69) is 10.3 Å². The van der Waals surface area contributed by atoms with Crippen molar-refractivity contribution in [2.45, 2.75) is 26.0 Å². The van der Waals surface area contributed by atoms with E-state index in [1.54, 1.807) is 17.0 Å². The van der Waals surface area contributed by atoms with Crippen LogP contribution in [0.4, 0.5) is 10.1 Å². The van der Waals surface area contributed by atoms with Crippen molar-refractivity contribution < 1.29 is 13.9 Å². The molecule has 8 heteroatoms. The second-order valence-corrected chi connectivity index (χ2v) is 8.12. The van der Waals surface area contributed by atoms with Crippen molar-refractivity contribution in [3.05, 3.63) is 74.4 Å². The minimum absolute atomic E-state index is 0.0518. The van der Waals surface area contributed by atoms with Crippen LogP contribution in [0.1, 0.15) is 29.8 Å². The van der Waals surface area contributed by atoms with Crippen molar-refractivity contribution in [1.82, 2.24) is 9.88 Å². The molecule has 1 atom stereocenters. The Morgan fingerprint density at radius 2 is 2.13 bits per heavy atom. The van der Waals surface area contributed by atoms with Crippen LogP contribution in [0, 0.1) is 5.82 Å². The lowest BCUT2D eigenvalue weighted by Crippen LogP contribution is -2.41. The molecule has 0 aliphatic carbocycles. The number of ether oxygens (including phenoxy) is 1. The Morgan fingerprint density at radius 3 is 2.90 bits per heavy atom. The number of hydrogen-bond acceptors (Lipinski definition) is 4. The van der Waals surface area contributed by atoms with E-state index in [0.717, 1.165) is 17.5 Å². The summed E-state index contributed by atoms with van der Waals surface area (Å²) < 4.78 is 19.6. The number of amides is 1. The van der Waals surface area contributed by atoms with Gasteiger partial charge in [0.2, 0.25) is 5.91 Å². The minimum atomic E-state index is -0.586. The van der Waals surface area contributed by atoms with Gasteiger partial charge in [0.25, 0.3) is 5.56 Å². The number of aromatic nitrogens is 1. The van der Waals surface area contributed by atoms with Gasteiger partial charge in [-0.25, -0.2) is 4.39 Å². The van der Waals surface area contributed by atoms with E-state index in [1.807, 2.05) is 25.1 Å². The zero-order valence-corrected chi connectivity index (χ0v) is 18.1. The standard InChI is InChI=1S/C23H23ClFN3O3/c1-13-18-4-3-16(24)7-14(18)5-6-28(13)22(29)11-26-21-9-15-8-17(12-31-2)27-23(30)19(15)10-20(21)25/h3-4,7-10,13,26H,5-6,11-12H2,1-2H3,(H,27,30)/t13-/m0/s1. The quantitative estimate of drug-likeness (QED) is 0.624. The van der Waals surface area contributed by atoms with Gasteiger partial charge in [0, 0.05) is 24.4 Å². The average Bonchev–Trinajstić information content (AvgIpc) is 2.73. The maximum atomic E-state index is 14.6. The number of carbonyl (C=O) groups is 1. The average molecular weight is 444 g/mol. The Labute approximate surface area is 184 Å². The number of aromatic amines is 1. The fraction of sp³-hybridized carbons (Fsp3) is 0.304. The van der Waals surface area contributed by atoms with Gasteiger partial charge in [-0.3, -0.25) is 9.59 Å². The second kappa shape index (κ2) is 8.69. The molecule has 1 aliphatic rings. The number of pyridine rings is 1. The number of hydrogen-bond donors (Lipinski definition) is 2. The normalized spacial score (nSPS) is 15.7. The maximum Gasteiger partial charge on any atom is 0.256 e. The Morgan fingerprint density at radius 1 is 1.32 bits per heavy atom. The van der Waals surface area contributed by atoms with Crippen molar-refractivity contribution >= 4 is 34.0 Å². The molecular weight excluding hydrogens is 421 g/mol. The number of carbonyl (C=O) groups excluding carboxylic acids is 1. The van der Waals surface area contributed by atoms with E-state index in [1.165, 1.54) is 13.2 Å². The zero-order chi connectivity index (χ0) is 22.1. The van der Waals surface area contributed by atoms with E-state index in [0.29, 0.717) is 22.6 Å². The van der Waals surface area contributed by atoms with Gasteiger partial charge in [0.05, 0.1) is 30.3 Å². The topological polar surface area (TPSA) is 74.4 Å². The fourth-order valence-corrected chi connectivity index (χ4v) is 4.32. The molecule has 0 bridgehead atoms. The van der Waals surface area contributed by atoms with E-state index < -0.39 is 5.82 Å². The number of benzene rings is 2. The smallest absolute Gasteiger partial charge is 0.256 e. The van der Waals surface area contributed by atoms with Gasteiger partial charge in [0.15, 0.2) is 0 Å². The summed E-state index contributed by atoms with van der Waals surface area (Å²) in [5.41, 5.74) is 2.61. The summed E-state index contributed by atoms with van der Waals surface area (Å²) in [4.78, 5) is 29.5. The molecule has 6 nitrogen and oxygen atoms in total. The number of rotatable bonds is 5. The van der Waals surface area contributed by atoms with Crippen molar-refractivity contribution in [3.8, 4) is 0 Å². The Bertz CT molecular complexity index is 1210. The second-order valence-electron chi connectivity index (χ2n) is 7.69. The highest BCUT2D eigenvalue weighted by Crippen LogP contribution is 2.31.